The van der Waals surface area contributed by atoms with Crippen LogP contribution in [-0.4, -0.2) is 18.1 Å². The number of rotatable bonds is 3. The highest BCUT2D eigenvalue weighted by molar-refractivity contribution is 5.91. The van der Waals surface area contributed by atoms with Gasteiger partial charge in [0.25, 0.3) is 0 Å². The number of ether oxygens (including phenoxy) is 1. The first kappa shape index (κ1) is 17.2. The predicted molar refractivity (Wildman–Crippen MR) is 86.2 cm³/mol. The lowest BCUT2D eigenvalue weighted by molar-refractivity contribution is -0.145. The van der Waals surface area contributed by atoms with Gasteiger partial charge in [-0.25, -0.2) is 13.8 Å². The maximum Gasteiger partial charge on any atom is 0.320 e. The lowest BCUT2D eigenvalue weighted by Crippen LogP contribution is -2.34. The molecule has 1 aliphatic carbocycles. The Kier molecular flexibility index (Phi) is 4.37. The third kappa shape index (κ3) is 2.81. The van der Waals surface area contributed by atoms with Crippen LogP contribution in [-0.2, 0) is 14.9 Å². The highest BCUT2D eigenvalue weighted by Crippen LogP contribution is 2.45. The van der Waals surface area contributed by atoms with Crippen molar-refractivity contribution in [2.75, 3.05) is 7.11 Å². The topological polar surface area (TPSA) is 39.2 Å². The van der Waals surface area contributed by atoms with E-state index in [-0.39, 0.29) is 0 Å². The summed E-state index contributed by atoms with van der Waals surface area (Å²) < 4.78 is 45.5. The molecule has 6 heteroatoms. The van der Waals surface area contributed by atoms with E-state index in [0.717, 1.165) is 6.07 Å². The van der Waals surface area contributed by atoms with Crippen LogP contribution in [0, 0.1) is 24.5 Å². The number of pyridine rings is 1. The van der Waals surface area contributed by atoms with Crippen molar-refractivity contribution < 1.29 is 22.7 Å². The van der Waals surface area contributed by atoms with Crippen LogP contribution < -0.4 is 0 Å². The minimum absolute atomic E-state index is 0.346. The van der Waals surface area contributed by atoms with Crippen molar-refractivity contribution in [3.63, 3.8) is 0 Å². The highest BCUT2D eigenvalue weighted by Gasteiger charge is 2.44. The molecule has 3 nitrogen and oxygen atoms in total. The quantitative estimate of drug-likeness (QED) is 0.620. The number of methoxy groups -OCH3 is 1. The first-order valence-corrected chi connectivity index (χ1v) is 7.76. The van der Waals surface area contributed by atoms with Crippen molar-refractivity contribution in [3.8, 4) is 0 Å². The molecule has 3 rings (SSSR count). The van der Waals surface area contributed by atoms with Gasteiger partial charge in [-0.1, -0.05) is 18.2 Å². The SMILES string of the molecule is COC(=O)C1(c2cccc(F)c2C)C=C(c2cnc(F)c(F)c2)CC1. The van der Waals surface area contributed by atoms with E-state index in [0.29, 0.717) is 35.1 Å². The minimum Gasteiger partial charge on any atom is -0.468 e. The summed E-state index contributed by atoms with van der Waals surface area (Å²) in [4.78, 5) is 15.9. The third-order valence-corrected chi connectivity index (χ3v) is 4.67. The molecule has 1 aromatic carbocycles. The fourth-order valence-electron chi connectivity index (χ4n) is 3.35. The Bertz CT molecular complexity index is 879. The molecule has 2 aromatic rings. The molecule has 25 heavy (non-hydrogen) atoms. The molecule has 0 saturated heterocycles. The maximum atomic E-state index is 14.0. The zero-order valence-electron chi connectivity index (χ0n) is 13.8. The summed E-state index contributed by atoms with van der Waals surface area (Å²) >= 11 is 0. The van der Waals surface area contributed by atoms with Crippen molar-refractivity contribution in [2.24, 2.45) is 0 Å². The number of nitrogens with zero attached hydrogens (tertiary/aromatic N) is 1. The Morgan fingerprint density at radius 2 is 2.00 bits per heavy atom. The molecule has 0 N–H and O–H groups in total. The van der Waals surface area contributed by atoms with E-state index >= 15 is 0 Å². The van der Waals surface area contributed by atoms with E-state index in [1.54, 1.807) is 19.1 Å². The van der Waals surface area contributed by atoms with Gasteiger partial charge in [0.2, 0.25) is 5.95 Å². The molecule has 1 atom stereocenters. The molecular formula is C19H16F3NO2. The molecule has 0 saturated carbocycles. The summed E-state index contributed by atoms with van der Waals surface area (Å²) in [6.07, 6.45) is 3.64. The molecule has 0 aliphatic heterocycles. The molecule has 1 aromatic heterocycles. The van der Waals surface area contributed by atoms with Crippen LogP contribution in [0.5, 0.6) is 0 Å². The van der Waals surface area contributed by atoms with Gasteiger partial charge in [-0.2, -0.15) is 4.39 Å². The van der Waals surface area contributed by atoms with Crippen LogP contribution >= 0.6 is 0 Å². The zero-order valence-corrected chi connectivity index (χ0v) is 13.8. The Labute approximate surface area is 143 Å². The highest BCUT2D eigenvalue weighted by atomic mass is 19.2. The van der Waals surface area contributed by atoms with Crippen molar-refractivity contribution in [3.05, 3.63) is 70.8 Å². The van der Waals surface area contributed by atoms with Crippen LogP contribution in [0.1, 0.15) is 29.5 Å². The first-order chi connectivity index (χ1) is 11.9. The second-order valence-corrected chi connectivity index (χ2v) is 6.04. The maximum absolute atomic E-state index is 14.0. The number of carbonyl (C=O) groups excluding carboxylic acids is 1. The number of halogens is 3. The van der Waals surface area contributed by atoms with Gasteiger partial charge in [0.1, 0.15) is 11.2 Å². The summed E-state index contributed by atoms with van der Waals surface area (Å²) in [6, 6.07) is 5.58. The number of allylic oxidation sites excluding steroid dienone is 1. The molecule has 130 valence electrons. The summed E-state index contributed by atoms with van der Waals surface area (Å²) in [6.45, 7) is 1.60. The Balaban J connectivity index is 2.15. The predicted octanol–water partition coefficient (Wildman–Crippen LogP) is 4.10. The number of aromatic nitrogens is 1. The van der Waals surface area contributed by atoms with E-state index in [2.05, 4.69) is 4.98 Å². The lowest BCUT2D eigenvalue weighted by atomic mass is 9.77. The lowest BCUT2D eigenvalue weighted by Gasteiger charge is -2.26. The second kappa shape index (κ2) is 6.35. The molecule has 1 heterocycles. The van der Waals surface area contributed by atoms with Crippen LogP contribution in [0.3, 0.4) is 0 Å². The Hall–Kier alpha value is -2.63. The normalized spacial score (nSPS) is 19.6. The fraction of sp³-hybridized carbons (Fsp3) is 0.263. The van der Waals surface area contributed by atoms with E-state index in [1.165, 1.54) is 25.4 Å². The average Bonchev–Trinajstić information content (AvgIpc) is 3.05. The number of benzene rings is 1. The zero-order chi connectivity index (χ0) is 18.2. The Morgan fingerprint density at radius 3 is 2.68 bits per heavy atom. The van der Waals surface area contributed by atoms with E-state index in [9.17, 15) is 18.0 Å². The summed E-state index contributed by atoms with van der Waals surface area (Å²) in [5.41, 5.74) is 0.721. The molecule has 1 unspecified atom stereocenters. The average molecular weight is 347 g/mol. The molecule has 0 spiro atoms. The molecule has 0 bridgehead atoms. The van der Waals surface area contributed by atoms with Crippen molar-refractivity contribution in [1.29, 1.82) is 0 Å². The van der Waals surface area contributed by atoms with Crippen molar-refractivity contribution in [2.45, 2.75) is 25.2 Å². The smallest absolute Gasteiger partial charge is 0.320 e. The van der Waals surface area contributed by atoms with Crippen molar-refractivity contribution >= 4 is 11.5 Å². The number of hydrogen-bond donors (Lipinski definition) is 0. The number of esters is 1. The largest absolute Gasteiger partial charge is 0.468 e. The van der Waals surface area contributed by atoms with E-state index in [4.69, 9.17) is 4.74 Å². The number of carbonyl (C=O) groups is 1. The van der Waals surface area contributed by atoms with E-state index < -0.39 is 29.0 Å². The van der Waals surface area contributed by atoms with Crippen LogP contribution in [0.25, 0.3) is 5.57 Å². The molecule has 0 amide bonds. The summed E-state index contributed by atoms with van der Waals surface area (Å²) in [7, 11) is 1.27. The van der Waals surface area contributed by atoms with Gasteiger partial charge in [-0.05, 0) is 54.2 Å². The van der Waals surface area contributed by atoms with E-state index in [1.807, 2.05) is 0 Å². The van der Waals surface area contributed by atoms with Gasteiger partial charge in [-0.15, -0.1) is 0 Å². The van der Waals surface area contributed by atoms with Crippen LogP contribution in [0.2, 0.25) is 0 Å². The molecule has 0 fully saturated rings. The minimum atomic E-state index is -1.18. The fourth-order valence-corrected chi connectivity index (χ4v) is 3.35. The van der Waals surface area contributed by atoms with Gasteiger partial charge >= 0.3 is 5.97 Å². The standard InChI is InChI=1S/C19H16F3NO2/c1-11-14(4-3-5-15(11)20)19(18(24)25-2)7-6-12(9-19)13-8-16(21)17(22)23-10-13/h3-5,8-10H,6-7H2,1-2H3. The van der Waals surface area contributed by atoms with Gasteiger partial charge < -0.3 is 4.74 Å². The second-order valence-electron chi connectivity index (χ2n) is 6.04. The van der Waals surface area contributed by atoms with Gasteiger partial charge in [0.05, 0.1) is 7.11 Å². The van der Waals surface area contributed by atoms with Crippen molar-refractivity contribution in [1.82, 2.24) is 4.98 Å². The van der Waals surface area contributed by atoms with Gasteiger partial charge in [0, 0.05) is 6.20 Å². The molecular weight excluding hydrogens is 331 g/mol. The summed E-state index contributed by atoms with van der Waals surface area (Å²) in [5, 5.41) is 0. The monoisotopic (exact) mass is 347 g/mol. The molecule has 0 radical (unpaired) electrons. The van der Waals surface area contributed by atoms with Crippen LogP contribution in [0.4, 0.5) is 13.2 Å². The summed E-state index contributed by atoms with van der Waals surface area (Å²) in [5.74, 6) is -3.18. The molecule has 1 aliphatic rings. The third-order valence-electron chi connectivity index (χ3n) is 4.67. The first-order valence-electron chi connectivity index (χ1n) is 7.76. The van der Waals surface area contributed by atoms with Gasteiger partial charge in [-0.3, -0.25) is 4.79 Å². The Morgan fingerprint density at radius 1 is 1.24 bits per heavy atom. The number of hydrogen-bond acceptors (Lipinski definition) is 3. The van der Waals surface area contributed by atoms with Gasteiger partial charge in [0.15, 0.2) is 5.82 Å². The van der Waals surface area contributed by atoms with Crippen LogP contribution in [0.15, 0.2) is 36.5 Å².